The van der Waals surface area contributed by atoms with Crippen molar-refractivity contribution in [3.8, 4) is 20.9 Å². The van der Waals surface area contributed by atoms with Gasteiger partial charge in [0.2, 0.25) is 11.8 Å². The first-order chi connectivity index (χ1) is 28.4. The maximum atomic E-state index is 13.7. The summed E-state index contributed by atoms with van der Waals surface area (Å²) in [4.78, 5) is 72.2. The van der Waals surface area contributed by atoms with Gasteiger partial charge in [-0.2, -0.15) is 0 Å². The lowest BCUT2D eigenvalue weighted by atomic mass is 9.75. The molecule has 3 aromatic carbocycles. The number of ether oxygens (including phenoxy) is 2. The Morgan fingerprint density at radius 3 is 2.14 bits per heavy atom. The number of alkyl carbamates (subject to hydrolysis) is 2. The number of fused-ring (bicyclic) bond motifs is 4. The number of nitrogens with zero attached hydrogens (tertiary/aromatic N) is 3. The number of thiophene rings is 1. The minimum atomic E-state index is -0.736. The van der Waals surface area contributed by atoms with Gasteiger partial charge in [-0.1, -0.05) is 52.0 Å². The highest BCUT2D eigenvalue weighted by molar-refractivity contribution is 7.18. The standard InChI is InChI=1S/C44H50N8O6S/c1-23(2)35(49-42(55)57-5)39(53)51-44(18-8-19-44)41-46-29-14-12-27(22-31(29)47-41)34-17-16-33(59-34)26-10-13-28-25(21-26)11-15-30-37(28)48-38(45-30)32-9-7-20-52(32)40(54)36(24(3)4)50-43(56)58-6/h10-17,21-24,32,35-36H,7-9,18-20H2,1-6H3,(H,45,48)(H,46,47)(H,49,55)(H,50,56)(H,51,53)/t32-,35?,36-/m0/s1. The highest BCUT2D eigenvalue weighted by Gasteiger charge is 2.44. The third-order valence-electron chi connectivity index (χ3n) is 11.8. The number of amides is 4. The van der Waals surface area contributed by atoms with Crippen molar-refractivity contribution in [1.82, 2.24) is 40.8 Å². The van der Waals surface area contributed by atoms with Gasteiger partial charge in [0.1, 0.15) is 23.7 Å². The molecule has 8 rings (SSSR count). The van der Waals surface area contributed by atoms with E-state index in [0.717, 1.165) is 91.6 Å². The van der Waals surface area contributed by atoms with E-state index in [1.165, 1.54) is 14.2 Å². The van der Waals surface area contributed by atoms with Crippen molar-refractivity contribution >= 4 is 68.2 Å². The van der Waals surface area contributed by atoms with Gasteiger partial charge in [0.15, 0.2) is 0 Å². The Labute approximate surface area is 345 Å². The van der Waals surface area contributed by atoms with Gasteiger partial charge in [-0.25, -0.2) is 19.6 Å². The van der Waals surface area contributed by atoms with Gasteiger partial charge >= 0.3 is 12.2 Å². The van der Waals surface area contributed by atoms with Crippen LogP contribution in [0.25, 0.3) is 53.7 Å². The molecule has 0 radical (unpaired) electrons. The van der Waals surface area contributed by atoms with Crippen LogP contribution < -0.4 is 16.0 Å². The molecule has 5 N–H and O–H groups in total. The summed E-state index contributed by atoms with van der Waals surface area (Å²) < 4.78 is 9.54. The second-order valence-electron chi connectivity index (χ2n) is 16.3. The molecule has 3 aromatic heterocycles. The van der Waals surface area contributed by atoms with Crippen molar-refractivity contribution < 1.29 is 28.7 Å². The van der Waals surface area contributed by atoms with E-state index in [0.29, 0.717) is 12.4 Å². The molecular formula is C44H50N8O6S. The maximum absolute atomic E-state index is 13.7. The van der Waals surface area contributed by atoms with Gasteiger partial charge in [0.05, 0.1) is 47.9 Å². The second kappa shape index (κ2) is 16.0. The summed E-state index contributed by atoms with van der Waals surface area (Å²) in [6, 6.07) is 19.4. The van der Waals surface area contributed by atoms with Crippen molar-refractivity contribution in [1.29, 1.82) is 0 Å². The number of H-pyrrole nitrogens is 2. The number of hydrogen-bond acceptors (Lipinski definition) is 9. The molecule has 2 fully saturated rings. The van der Waals surface area contributed by atoms with Crippen molar-refractivity contribution in [2.24, 2.45) is 11.8 Å². The number of aromatic amines is 2. The van der Waals surface area contributed by atoms with Crippen LogP contribution in [0.3, 0.4) is 0 Å². The molecule has 4 amide bonds. The summed E-state index contributed by atoms with van der Waals surface area (Å²) in [5.41, 5.74) is 5.00. The first-order valence-corrected chi connectivity index (χ1v) is 21.0. The lowest BCUT2D eigenvalue weighted by Crippen LogP contribution is -2.58. The number of methoxy groups -OCH3 is 2. The van der Waals surface area contributed by atoms with E-state index in [1.807, 2.05) is 44.7 Å². The summed E-state index contributed by atoms with van der Waals surface area (Å²) in [6.45, 7) is 8.18. The molecule has 1 aliphatic heterocycles. The van der Waals surface area contributed by atoms with Crippen molar-refractivity contribution in [3.05, 3.63) is 72.3 Å². The van der Waals surface area contributed by atoms with Crippen molar-refractivity contribution in [2.75, 3.05) is 20.8 Å². The van der Waals surface area contributed by atoms with Crippen LogP contribution in [0.1, 0.15) is 77.5 Å². The van der Waals surface area contributed by atoms with Gasteiger partial charge in [0, 0.05) is 21.7 Å². The first kappa shape index (κ1) is 39.8. The monoisotopic (exact) mass is 818 g/mol. The van der Waals surface area contributed by atoms with Crippen LogP contribution in [0.5, 0.6) is 0 Å². The summed E-state index contributed by atoms with van der Waals surface area (Å²) in [6.07, 6.45) is 2.81. The number of benzene rings is 3. The molecule has 1 saturated carbocycles. The van der Waals surface area contributed by atoms with Gasteiger partial charge in [-0.3, -0.25) is 9.59 Å². The largest absolute Gasteiger partial charge is 0.453 e. The maximum Gasteiger partial charge on any atom is 0.407 e. The molecule has 1 aliphatic carbocycles. The number of imidazole rings is 2. The predicted molar refractivity (Wildman–Crippen MR) is 228 cm³/mol. The smallest absolute Gasteiger partial charge is 0.407 e. The lowest BCUT2D eigenvalue weighted by Gasteiger charge is -2.42. The Kier molecular flexibility index (Phi) is 10.8. The van der Waals surface area contributed by atoms with Crippen LogP contribution in [0.4, 0.5) is 9.59 Å². The van der Waals surface area contributed by atoms with E-state index < -0.39 is 29.8 Å². The fraction of sp³-hybridized carbons (Fsp3) is 0.409. The number of carbonyl (C=O) groups excluding carboxylic acids is 4. The SMILES string of the molecule is COC(=O)NC(C(=O)NC1(c2nc3ccc(-c4ccc(-c5ccc6c(ccc7[nH]c([C@@H]8CCCN8C(=O)[C@@H](NC(=O)OC)C(C)C)nc76)c5)s4)cc3[nH]2)CCC1)C(C)C. The zero-order valence-corrected chi connectivity index (χ0v) is 34.9. The number of aromatic nitrogens is 4. The van der Waals surface area contributed by atoms with Gasteiger partial charge in [-0.05, 0) is 96.9 Å². The second-order valence-corrected chi connectivity index (χ2v) is 17.4. The van der Waals surface area contributed by atoms with E-state index >= 15 is 0 Å². The number of rotatable bonds is 11. The average molecular weight is 819 g/mol. The molecular weight excluding hydrogens is 769 g/mol. The molecule has 14 nitrogen and oxygen atoms in total. The fourth-order valence-corrected chi connectivity index (χ4v) is 9.35. The third-order valence-corrected chi connectivity index (χ3v) is 13.0. The summed E-state index contributed by atoms with van der Waals surface area (Å²) in [5.74, 6) is 0.816. The highest BCUT2D eigenvalue weighted by atomic mass is 32.1. The normalized spacial score (nSPS) is 17.3. The van der Waals surface area contributed by atoms with E-state index in [2.05, 4.69) is 74.4 Å². The molecule has 0 bridgehead atoms. The quantitative estimate of drug-likeness (QED) is 0.0874. The fourth-order valence-electron chi connectivity index (χ4n) is 8.35. The average Bonchev–Trinajstić information content (AvgIpc) is 4.04. The number of carbonyl (C=O) groups is 4. The zero-order valence-electron chi connectivity index (χ0n) is 34.1. The Balaban J connectivity index is 1.01. The minimum absolute atomic E-state index is 0.111. The molecule has 4 heterocycles. The lowest BCUT2D eigenvalue weighted by molar-refractivity contribution is -0.135. The summed E-state index contributed by atoms with van der Waals surface area (Å²) in [7, 11) is 2.58. The Hall–Kier alpha value is -5.96. The van der Waals surface area contributed by atoms with E-state index in [9.17, 15) is 19.2 Å². The van der Waals surface area contributed by atoms with Crippen molar-refractivity contribution in [2.45, 2.75) is 83.5 Å². The molecule has 308 valence electrons. The Morgan fingerprint density at radius 2 is 1.47 bits per heavy atom. The van der Waals surface area contributed by atoms with Gasteiger partial charge < -0.3 is 40.3 Å². The van der Waals surface area contributed by atoms with Gasteiger partial charge in [0.25, 0.3) is 0 Å². The van der Waals surface area contributed by atoms with Crippen LogP contribution in [-0.2, 0) is 24.6 Å². The third kappa shape index (κ3) is 7.59. The summed E-state index contributed by atoms with van der Waals surface area (Å²) >= 11 is 1.71. The molecule has 59 heavy (non-hydrogen) atoms. The van der Waals surface area contributed by atoms with Crippen LogP contribution in [0.15, 0.2) is 60.7 Å². The molecule has 3 atom stereocenters. The van der Waals surface area contributed by atoms with Crippen LogP contribution >= 0.6 is 11.3 Å². The molecule has 0 spiro atoms. The molecule has 6 aromatic rings. The highest BCUT2D eigenvalue weighted by Crippen LogP contribution is 2.42. The first-order valence-electron chi connectivity index (χ1n) is 20.2. The molecule has 1 saturated heterocycles. The van der Waals surface area contributed by atoms with Crippen LogP contribution in [0.2, 0.25) is 0 Å². The topological polar surface area (TPSA) is 183 Å². The van der Waals surface area contributed by atoms with E-state index in [-0.39, 0.29) is 29.7 Å². The number of hydrogen-bond donors (Lipinski definition) is 5. The predicted octanol–water partition coefficient (Wildman–Crippen LogP) is 7.91. The zero-order chi connectivity index (χ0) is 41.6. The van der Waals surface area contributed by atoms with Crippen LogP contribution in [-0.4, -0.2) is 81.7 Å². The Bertz CT molecular complexity index is 2570. The molecule has 15 heteroatoms. The van der Waals surface area contributed by atoms with E-state index in [1.54, 1.807) is 11.3 Å². The van der Waals surface area contributed by atoms with Crippen LogP contribution in [0, 0.1) is 11.8 Å². The molecule has 2 aliphatic rings. The van der Waals surface area contributed by atoms with E-state index in [4.69, 9.17) is 19.4 Å². The number of nitrogens with one attached hydrogen (secondary N) is 5. The summed E-state index contributed by atoms with van der Waals surface area (Å²) in [5, 5.41) is 10.7. The van der Waals surface area contributed by atoms with Crippen molar-refractivity contribution in [3.63, 3.8) is 0 Å². The molecule has 1 unspecified atom stereocenters. The number of likely N-dealkylation sites (tertiary alicyclic amines) is 1. The Morgan fingerprint density at radius 1 is 0.797 bits per heavy atom. The van der Waals surface area contributed by atoms with Gasteiger partial charge in [-0.15, -0.1) is 11.3 Å². The minimum Gasteiger partial charge on any atom is -0.453 e.